The Morgan fingerprint density at radius 1 is 1.28 bits per heavy atom. The van der Waals surface area contributed by atoms with Crippen LogP contribution in [0.4, 0.5) is 0 Å². The molecule has 0 aliphatic rings. The molecule has 2 rings (SSSR count). The predicted molar refractivity (Wildman–Crippen MR) is 70.7 cm³/mol. The van der Waals surface area contributed by atoms with Crippen molar-refractivity contribution in [3.63, 3.8) is 0 Å². The highest BCUT2D eigenvalue weighted by Crippen LogP contribution is 2.22. The Morgan fingerprint density at radius 3 is 2.44 bits per heavy atom. The Bertz CT molecular complexity index is 637. The van der Waals surface area contributed by atoms with E-state index in [2.05, 4.69) is 28.9 Å². The summed E-state index contributed by atoms with van der Waals surface area (Å²) in [6, 6.07) is 0.287. The van der Waals surface area contributed by atoms with Gasteiger partial charge in [-0.2, -0.15) is 5.10 Å². The largest absolute Gasteiger partial charge is 0.305 e. The van der Waals surface area contributed by atoms with Crippen molar-refractivity contribution in [2.45, 2.75) is 40.7 Å². The fourth-order valence-corrected chi connectivity index (χ4v) is 1.91. The van der Waals surface area contributed by atoms with Crippen LogP contribution in [-0.2, 0) is 0 Å². The molecule has 0 radical (unpaired) electrons. The summed E-state index contributed by atoms with van der Waals surface area (Å²) in [4.78, 5) is 18.6. The number of aromatic nitrogens is 4. The van der Waals surface area contributed by atoms with Gasteiger partial charge in [0.1, 0.15) is 5.69 Å². The van der Waals surface area contributed by atoms with Gasteiger partial charge in [0.25, 0.3) is 5.56 Å². The number of aryl methyl sites for hydroxylation is 1. The molecule has 0 atom stereocenters. The first-order valence-corrected chi connectivity index (χ1v) is 6.03. The minimum absolute atomic E-state index is 0.115. The lowest BCUT2D eigenvalue weighted by atomic mass is 10.2. The minimum Gasteiger partial charge on any atom is -0.305 e. The zero-order valence-corrected chi connectivity index (χ0v) is 11.4. The molecule has 1 N–H and O–H groups in total. The summed E-state index contributed by atoms with van der Waals surface area (Å²) in [5, 5.41) is 4.53. The summed E-state index contributed by atoms with van der Waals surface area (Å²) in [7, 11) is 0. The molecule has 0 amide bonds. The monoisotopic (exact) mass is 246 g/mol. The standard InChI is InChI=1S/C13H18N4O/c1-7(2)17-10(5)9(4)11(16-17)12-14-6-8(3)13(18)15-12/h6-7H,1-5H3,(H,14,15,18). The van der Waals surface area contributed by atoms with Gasteiger partial charge >= 0.3 is 0 Å². The SMILES string of the molecule is Cc1c(-c2ncc(C)c(=O)[nH]2)nn(C(C)C)c1C. The number of hydrogen-bond donors (Lipinski definition) is 1. The van der Waals surface area contributed by atoms with Crippen LogP contribution in [0.1, 0.15) is 36.7 Å². The van der Waals surface area contributed by atoms with E-state index in [1.54, 1.807) is 13.1 Å². The molecule has 2 heterocycles. The third-order valence-corrected chi connectivity index (χ3v) is 3.14. The summed E-state index contributed by atoms with van der Waals surface area (Å²) in [5.74, 6) is 0.533. The number of rotatable bonds is 2. The maximum Gasteiger partial charge on any atom is 0.254 e. The molecule has 0 bridgehead atoms. The number of nitrogens with one attached hydrogen (secondary N) is 1. The lowest BCUT2D eigenvalue weighted by Gasteiger charge is -2.07. The van der Waals surface area contributed by atoms with E-state index in [0.29, 0.717) is 11.4 Å². The van der Waals surface area contributed by atoms with E-state index >= 15 is 0 Å². The lowest BCUT2D eigenvalue weighted by molar-refractivity contribution is 0.519. The van der Waals surface area contributed by atoms with Crippen LogP contribution in [-0.4, -0.2) is 19.7 Å². The van der Waals surface area contributed by atoms with Crippen LogP contribution in [0.2, 0.25) is 0 Å². The molecule has 2 aromatic rings. The Balaban J connectivity index is 2.61. The first kappa shape index (κ1) is 12.5. The van der Waals surface area contributed by atoms with E-state index in [0.717, 1.165) is 17.0 Å². The van der Waals surface area contributed by atoms with Gasteiger partial charge in [-0.25, -0.2) is 4.98 Å². The summed E-state index contributed by atoms with van der Waals surface area (Å²) in [6.45, 7) is 9.91. The smallest absolute Gasteiger partial charge is 0.254 e. The van der Waals surface area contributed by atoms with E-state index in [1.165, 1.54) is 0 Å². The normalized spacial score (nSPS) is 11.2. The molecular formula is C13H18N4O. The number of nitrogens with zero attached hydrogens (tertiary/aromatic N) is 3. The van der Waals surface area contributed by atoms with Gasteiger partial charge in [0.15, 0.2) is 5.82 Å². The van der Waals surface area contributed by atoms with Gasteiger partial charge in [-0.05, 0) is 34.6 Å². The van der Waals surface area contributed by atoms with Crippen LogP contribution in [0.15, 0.2) is 11.0 Å². The summed E-state index contributed by atoms with van der Waals surface area (Å²) in [6.07, 6.45) is 1.58. The fourth-order valence-electron chi connectivity index (χ4n) is 1.91. The average molecular weight is 246 g/mol. The number of aromatic amines is 1. The van der Waals surface area contributed by atoms with Gasteiger partial charge in [0, 0.05) is 29.1 Å². The Kier molecular flexibility index (Phi) is 3.07. The van der Waals surface area contributed by atoms with Crippen molar-refractivity contribution in [1.29, 1.82) is 0 Å². The first-order valence-electron chi connectivity index (χ1n) is 6.03. The van der Waals surface area contributed by atoms with E-state index in [1.807, 2.05) is 18.5 Å². The van der Waals surface area contributed by atoms with Crippen LogP contribution in [0.25, 0.3) is 11.5 Å². The molecule has 0 aliphatic carbocycles. The molecule has 0 aromatic carbocycles. The van der Waals surface area contributed by atoms with Crippen LogP contribution >= 0.6 is 0 Å². The molecule has 5 heteroatoms. The summed E-state index contributed by atoms with van der Waals surface area (Å²) < 4.78 is 1.95. The summed E-state index contributed by atoms with van der Waals surface area (Å²) >= 11 is 0. The molecule has 0 saturated heterocycles. The molecule has 96 valence electrons. The van der Waals surface area contributed by atoms with E-state index in [4.69, 9.17) is 0 Å². The molecule has 0 spiro atoms. The molecular weight excluding hydrogens is 228 g/mol. The second kappa shape index (κ2) is 4.40. The van der Waals surface area contributed by atoms with E-state index in [-0.39, 0.29) is 11.6 Å². The Labute approximate surface area is 106 Å². The van der Waals surface area contributed by atoms with Crippen molar-refractivity contribution < 1.29 is 0 Å². The molecule has 5 nitrogen and oxygen atoms in total. The molecule has 0 aliphatic heterocycles. The molecule has 0 unspecified atom stereocenters. The highest BCUT2D eigenvalue weighted by atomic mass is 16.1. The van der Waals surface area contributed by atoms with Gasteiger partial charge in [0.2, 0.25) is 0 Å². The molecule has 0 saturated carbocycles. The number of H-pyrrole nitrogens is 1. The fraction of sp³-hybridized carbons (Fsp3) is 0.462. The van der Waals surface area contributed by atoms with E-state index in [9.17, 15) is 4.79 Å². The van der Waals surface area contributed by atoms with Gasteiger partial charge in [-0.3, -0.25) is 9.48 Å². The van der Waals surface area contributed by atoms with Crippen LogP contribution in [0.3, 0.4) is 0 Å². The topological polar surface area (TPSA) is 63.6 Å². The average Bonchev–Trinajstić information content (AvgIpc) is 2.60. The zero-order chi connectivity index (χ0) is 13.4. The highest BCUT2D eigenvalue weighted by molar-refractivity contribution is 5.55. The highest BCUT2D eigenvalue weighted by Gasteiger charge is 2.16. The maximum atomic E-state index is 11.6. The Morgan fingerprint density at radius 2 is 1.94 bits per heavy atom. The number of hydrogen-bond acceptors (Lipinski definition) is 3. The third-order valence-electron chi connectivity index (χ3n) is 3.14. The predicted octanol–water partition coefficient (Wildman–Crippen LogP) is 2.14. The van der Waals surface area contributed by atoms with Crippen LogP contribution < -0.4 is 5.56 Å². The molecule has 18 heavy (non-hydrogen) atoms. The van der Waals surface area contributed by atoms with Crippen molar-refractivity contribution in [2.75, 3.05) is 0 Å². The maximum absolute atomic E-state index is 11.6. The van der Waals surface area contributed by atoms with Gasteiger partial charge < -0.3 is 4.98 Å². The first-order chi connectivity index (χ1) is 8.41. The quantitative estimate of drug-likeness (QED) is 0.883. The second-order valence-electron chi connectivity index (χ2n) is 4.84. The lowest BCUT2D eigenvalue weighted by Crippen LogP contribution is -2.12. The van der Waals surface area contributed by atoms with Gasteiger partial charge in [0.05, 0.1) is 0 Å². The summed E-state index contributed by atoms with van der Waals surface area (Å²) in [5.41, 5.74) is 3.39. The minimum atomic E-state index is -0.115. The van der Waals surface area contributed by atoms with Gasteiger partial charge in [-0.15, -0.1) is 0 Å². The zero-order valence-electron chi connectivity index (χ0n) is 11.4. The van der Waals surface area contributed by atoms with Crippen molar-refractivity contribution in [3.05, 3.63) is 33.4 Å². The van der Waals surface area contributed by atoms with Crippen molar-refractivity contribution in [1.82, 2.24) is 19.7 Å². The van der Waals surface area contributed by atoms with Crippen molar-refractivity contribution >= 4 is 0 Å². The molecule has 2 aromatic heterocycles. The van der Waals surface area contributed by atoms with Gasteiger partial charge in [-0.1, -0.05) is 0 Å². The van der Waals surface area contributed by atoms with Crippen LogP contribution in [0, 0.1) is 20.8 Å². The van der Waals surface area contributed by atoms with E-state index < -0.39 is 0 Å². The van der Waals surface area contributed by atoms with Crippen LogP contribution in [0.5, 0.6) is 0 Å². The Hall–Kier alpha value is -1.91. The molecule has 0 fully saturated rings. The third kappa shape index (κ3) is 1.96. The van der Waals surface area contributed by atoms with Crippen molar-refractivity contribution in [2.24, 2.45) is 0 Å². The second-order valence-corrected chi connectivity index (χ2v) is 4.84. The van der Waals surface area contributed by atoms with Crippen molar-refractivity contribution in [3.8, 4) is 11.5 Å².